The predicted octanol–water partition coefficient (Wildman–Crippen LogP) is 6.09. The smallest absolute Gasteiger partial charge is 0.174 e. The molecule has 0 spiro atoms. The van der Waals surface area contributed by atoms with E-state index in [1.807, 2.05) is 78.9 Å². The van der Waals surface area contributed by atoms with E-state index in [1.165, 1.54) is 0 Å². The first-order valence-electron chi connectivity index (χ1n) is 9.92. The fraction of sp³-hybridized carbons (Fsp3) is 0.107. The zero-order valence-electron chi connectivity index (χ0n) is 16.3. The minimum Gasteiger partial charge on any atom is -0.293 e. The molecule has 0 amide bonds. The Morgan fingerprint density at radius 1 is 0.621 bits per heavy atom. The van der Waals surface area contributed by atoms with Crippen molar-refractivity contribution in [3.05, 3.63) is 144 Å². The Bertz CT molecular complexity index is 997. The maximum absolute atomic E-state index is 14.1. The second-order valence-corrected chi connectivity index (χ2v) is 7.39. The highest BCUT2D eigenvalue weighted by Crippen LogP contribution is 2.36. The summed E-state index contributed by atoms with van der Waals surface area (Å²) in [5.74, 6) is 0.154. The molecule has 0 aromatic heterocycles. The van der Waals surface area contributed by atoms with Gasteiger partial charge in [-0.15, -0.1) is 0 Å². The fourth-order valence-electron chi connectivity index (χ4n) is 4.01. The van der Waals surface area contributed by atoms with Gasteiger partial charge in [0.25, 0.3) is 0 Å². The lowest BCUT2D eigenvalue weighted by atomic mass is 9.67. The van der Waals surface area contributed by atoms with Crippen molar-refractivity contribution in [3.8, 4) is 0 Å². The average Bonchev–Trinajstić information content (AvgIpc) is 2.80. The Labute approximate surface area is 172 Å². The molecule has 1 nitrogen and oxygen atoms in total. The van der Waals surface area contributed by atoms with Crippen molar-refractivity contribution in [1.82, 2.24) is 0 Å². The second kappa shape index (κ2) is 8.70. The van der Waals surface area contributed by atoms with Crippen molar-refractivity contribution < 1.29 is 4.79 Å². The van der Waals surface area contributed by atoms with Gasteiger partial charge in [-0.3, -0.25) is 4.79 Å². The highest BCUT2D eigenvalue weighted by atomic mass is 16.1. The molecule has 0 saturated heterocycles. The largest absolute Gasteiger partial charge is 0.293 e. The van der Waals surface area contributed by atoms with Gasteiger partial charge in [0.15, 0.2) is 5.78 Å². The van der Waals surface area contributed by atoms with E-state index in [9.17, 15) is 4.79 Å². The number of benzene rings is 4. The number of carbonyl (C=O) groups excluding carboxylic acids is 1. The lowest BCUT2D eigenvalue weighted by Crippen LogP contribution is -2.40. The van der Waals surface area contributed by atoms with Gasteiger partial charge in [-0.1, -0.05) is 115 Å². The lowest BCUT2D eigenvalue weighted by Gasteiger charge is -2.34. The van der Waals surface area contributed by atoms with Crippen molar-refractivity contribution >= 4 is 5.78 Å². The second-order valence-electron chi connectivity index (χ2n) is 7.39. The molecule has 1 atom stereocenters. The van der Waals surface area contributed by atoms with Crippen LogP contribution in [0.1, 0.15) is 27.0 Å². The number of ketones is 1. The molecular weight excluding hydrogens is 352 g/mol. The van der Waals surface area contributed by atoms with Crippen LogP contribution in [0, 0.1) is 6.07 Å². The predicted molar refractivity (Wildman–Crippen MR) is 118 cm³/mol. The van der Waals surface area contributed by atoms with E-state index in [4.69, 9.17) is 0 Å². The zero-order valence-corrected chi connectivity index (χ0v) is 16.3. The Hall–Kier alpha value is -3.45. The van der Waals surface area contributed by atoms with Gasteiger partial charge in [-0.2, -0.15) is 0 Å². The van der Waals surface area contributed by atoms with Crippen LogP contribution in [0.15, 0.2) is 115 Å². The summed E-state index contributed by atoms with van der Waals surface area (Å²) in [5.41, 5.74) is 3.39. The van der Waals surface area contributed by atoms with Crippen LogP contribution in [-0.4, -0.2) is 5.78 Å². The van der Waals surface area contributed by atoms with Gasteiger partial charge >= 0.3 is 0 Å². The van der Waals surface area contributed by atoms with Gasteiger partial charge < -0.3 is 0 Å². The number of Topliss-reactive ketones (excluding diaryl/α,β-unsaturated/α-hetero) is 1. The van der Waals surface area contributed by atoms with Gasteiger partial charge in [0.05, 0.1) is 5.41 Å². The van der Waals surface area contributed by atoms with Crippen LogP contribution in [0.5, 0.6) is 0 Å². The highest BCUT2D eigenvalue weighted by Gasteiger charge is 2.40. The normalized spacial score (nSPS) is 11.2. The molecule has 0 fully saturated rings. The maximum atomic E-state index is 14.1. The first-order valence-corrected chi connectivity index (χ1v) is 9.92. The summed E-state index contributed by atoms with van der Waals surface area (Å²) < 4.78 is 0. The van der Waals surface area contributed by atoms with E-state index in [1.54, 1.807) is 0 Å². The maximum Gasteiger partial charge on any atom is 0.174 e. The van der Waals surface area contributed by atoms with Crippen molar-refractivity contribution in [2.75, 3.05) is 0 Å². The summed E-state index contributed by atoms with van der Waals surface area (Å²) in [6.07, 6.45) is 1.28. The molecule has 0 heterocycles. The molecule has 141 valence electrons. The summed E-state index contributed by atoms with van der Waals surface area (Å²) in [4.78, 5) is 14.1. The molecule has 4 rings (SSSR count). The van der Waals surface area contributed by atoms with E-state index in [-0.39, 0.29) is 5.78 Å². The Morgan fingerprint density at radius 2 is 1.10 bits per heavy atom. The van der Waals surface area contributed by atoms with Gasteiger partial charge in [-0.05, 0) is 35.6 Å². The molecule has 4 aromatic carbocycles. The molecule has 4 aromatic rings. The Balaban J connectivity index is 1.89. The summed E-state index contributed by atoms with van der Waals surface area (Å²) in [6, 6.07) is 41.2. The number of carbonyl (C=O) groups is 1. The minimum absolute atomic E-state index is 0.154. The molecule has 1 radical (unpaired) electrons. The summed E-state index contributed by atoms with van der Waals surface area (Å²) in [7, 11) is 0. The molecule has 0 aliphatic heterocycles. The van der Waals surface area contributed by atoms with Crippen LogP contribution in [0.3, 0.4) is 0 Å². The third kappa shape index (κ3) is 4.20. The van der Waals surface area contributed by atoms with Gasteiger partial charge in [-0.25, -0.2) is 0 Å². The van der Waals surface area contributed by atoms with E-state index < -0.39 is 5.41 Å². The first-order chi connectivity index (χ1) is 14.3. The zero-order chi connectivity index (χ0) is 19.9. The molecule has 0 N–H and O–H groups in total. The Kier molecular flexibility index (Phi) is 5.67. The van der Waals surface area contributed by atoms with E-state index in [2.05, 4.69) is 42.5 Å². The van der Waals surface area contributed by atoms with E-state index >= 15 is 0 Å². The van der Waals surface area contributed by atoms with Crippen molar-refractivity contribution in [2.24, 2.45) is 0 Å². The topological polar surface area (TPSA) is 17.1 Å². The molecule has 0 saturated carbocycles. The van der Waals surface area contributed by atoms with Crippen LogP contribution in [-0.2, 0) is 18.3 Å². The van der Waals surface area contributed by atoms with Crippen LogP contribution in [0.4, 0.5) is 0 Å². The summed E-state index contributed by atoms with van der Waals surface area (Å²) in [6.45, 7) is 0. The molecule has 1 heteroatoms. The van der Waals surface area contributed by atoms with Crippen LogP contribution in [0.25, 0.3) is 0 Å². The van der Waals surface area contributed by atoms with Gasteiger partial charge in [0, 0.05) is 5.56 Å². The molecule has 1 unspecified atom stereocenters. The molecular formula is C28H23O. The van der Waals surface area contributed by atoms with Crippen molar-refractivity contribution in [1.29, 1.82) is 0 Å². The minimum atomic E-state index is -0.689. The number of rotatable bonds is 7. The van der Waals surface area contributed by atoms with Gasteiger partial charge in [0.2, 0.25) is 0 Å². The van der Waals surface area contributed by atoms with E-state index in [0.717, 1.165) is 22.3 Å². The average molecular weight is 375 g/mol. The van der Waals surface area contributed by atoms with Crippen molar-refractivity contribution in [3.63, 3.8) is 0 Å². The standard InChI is InChI=1S/C28H23O/c29-27(25-17-9-3-10-18-25)28(26-19-11-4-12-20-26,21-23-13-5-1-6-14-23)22-24-15-7-2-8-16-24/h1,3-20H,21-22H2. The van der Waals surface area contributed by atoms with Crippen LogP contribution < -0.4 is 0 Å². The van der Waals surface area contributed by atoms with E-state index in [0.29, 0.717) is 12.8 Å². The third-order valence-corrected chi connectivity index (χ3v) is 5.44. The highest BCUT2D eigenvalue weighted by molar-refractivity contribution is 6.04. The fourth-order valence-corrected chi connectivity index (χ4v) is 4.01. The first kappa shape index (κ1) is 18.9. The quantitative estimate of drug-likeness (QED) is 0.357. The van der Waals surface area contributed by atoms with Crippen LogP contribution in [0.2, 0.25) is 0 Å². The lowest BCUT2D eigenvalue weighted by molar-refractivity contribution is 0.0880. The molecule has 0 bridgehead atoms. The van der Waals surface area contributed by atoms with Gasteiger partial charge in [0.1, 0.15) is 0 Å². The third-order valence-electron chi connectivity index (χ3n) is 5.44. The van der Waals surface area contributed by atoms with Crippen molar-refractivity contribution in [2.45, 2.75) is 18.3 Å². The number of hydrogen-bond donors (Lipinski definition) is 0. The molecule has 0 aliphatic carbocycles. The Morgan fingerprint density at radius 3 is 1.69 bits per heavy atom. The monoisotopic (exact) mass is 375 g/mol. The molecule has 0 aliphatic rings. The SMILES string of the molecule is O=C(c1ccccc1)C(Cc1cc[c]cc1)(Cc1ccccc1)c1ccccc1. The summed E-state index contributed by atoms with van der Waals surface area (Å²) >= 11 is 0. The number of hydrogen-bond acceptors (Lipinski definition) is 1. The molecule has 29 heavy (non-hydrogen) atoms. The summed E-state index contributed by atoms with van der Waals surface area (Å²) in [5, 5.41) is 0. The van der Waals surface area contributed by atoms with Crippen LogP contribution >= 0.6 is 0 Å².